The number of furan rings is 1. The van der Waals surface area contributed by atoms with Gasteiger partial charge in [0.25, 0.3) is 11.8 Å². The standard InChI is InChI=1S/C39H34N4O4S2/c1-24-13-19-31-32(23-40)39(49-35(31)21-24)43-36(44)25(2)48-30-17-14-28(15-18-30)41-38(46)33(42-37(45)27-11-7-4-8-12-27)22-29-16-20-34(47-29)26-9-5-3-6-10-26/h3-12,14-18,20,22,24-25H,13,19,21H2,1-2H3,(H,41,46)(H,42,45)(H,43,44)/b33-22+/t24-,25-/m0/s1. The Morgan fingerprint density at radius 3 is 2.39 bits per heavy atom. The number of anilines is 2. The summed E-state index contributed by atoms with van der Waals surface area (Å²) < 4.78 is 5.98. The van der Waals surface area contributed by atoms with Crippen LogP contribution in [0.3, 0.4) is 0 Å². The molecular weight excluding hydrogens is 653 g/mol. The minimum Gasteiger partial charge on any atom is -0.457 e. The predicted molar refractivity (Wildman–Crippen MR) is 195 cm³/mol. The van der Waals surface area contributed by atoms with Gasteiger partial charge in [-0.2, -0.15) is 5.26 Å². The molecule has 3 aromatic carbocycles. The Balaban J connectivity index is 1.12. The van der Waals surface area contributed by atoms with Crippen molar-refractivity contribution in [3.8, 4) is 17.4 Å². The second kappa shape index (κ2) is 15.2. The van der Waals surface area contributed by atoms with Crippen LogP contribution < -0.4 is 16.0 Å². The number of nitrogens with one attached hydrogen (secondary N) is 3. The van der Waals surface area contributed by atoms with E-state index in [1.165, 1.54) is 34.1 Å². The van der Waals surface area contributed by atoms with Crippen LogP contribution in [-0.2, 0) is 22.4 Å². The number of thioether (sulfide) groups is 1. The molecule has 2 atom stereocenters. The molecule has 0 radical (unpaired) electrons. The minimum atomic E-state index is -0.531. The summed E-state index contributed by atoms with van der Waals surface area (Å²) >= 11 is 2.89. The van der Waals surface area contributed by atoms with Gasteiger partial charge in [-0.15, -0.1) is 23.1 Å². The van der Waals surface area contributed by atoms with Gasteiger partial charge in [0.05, 0.1) is 10.8 Å². The third kappa shape index (κ3) is 8.20. The van der Waals surface area contributed by atoms with Gasteiger partial charge in [-0.1, -0.05) is 55.5 Å². The van der Waals surface area contributed by atoms with Crippen molar-refractivity contribution < 1.29 is 18.8 Å². The normalized spacial score (nSPS) is 14.6. The van der Waals surface area contributed by atoms with Crippen molar-refractivity contribution in [3.05, 3.63) is 130 Å². The number of carbonyl (C=O) groups is 3. The first-order valence-electron chi connectivity index (χ1n) is 15.9. The molecule has 0 saturated carbocycles. The summed E-state index contributed by atoms with van der Waals surface area (Å²) in [6.07, 6.45) is 4.35. The summed E-state index contributed by atoms with van der Waals surface area (Å²) in [5.74, 6) is 0.458. The fourth-order valence-corrected chi connectivity index (χ4v) is 7.75. The number of amides is 3. The van der Waals surface area contributed by atoms with Crippen molar-refractivity contribution in [1.29, 1.82) is 5.26 Å². The molecule has 2 aromatic heterocycles. The number of hydrogen-bond donors (Lipinski definition) is 3. The van der Waals surface area contributed by atoms with E-state index in [1.54, 1.807) is 42.5 Å². The molecule has 10 heteroatoms. The Bertz CT molecular complexity index is 2040. The highest BCUT2D eigenvalue weighted by molar-refractivity contribution is 8.00. The van der Waals surface area contributed by atoms with Gasteiger partial charge in [0.15, 0.2) is 0 Å². The van der Waals surface area contributed by atoms with Gasteiger partial charge in [0.2, 0.25) is 5.91 Å². The maximum absolute atomic E-state index is 13.5. The highest BCUT2D eigenvalue weighted by atomic mass is 32.2. The Morgan fingerprint density at radius 1 is 0.959 bits per heavy atom. The van der Waals surface area contributed by atoms with Crippen LogP contribution in [0.1, 0.15) is 52.4 Å². The van der Waals surface area contributed by atoms with E-state index >= 15 is 0 Å². The second-order valence-corrected chi connectivity index (χ2v) is 14.4. The fraction of sp³-hybridized carbons (Fsp3) is 0.179. The van der Waals surface area contributed by atoms with Crippen molar-refractivity contribution in [3.63, 3.8) is 0 Å². The summed E-state index contributed by atoms with van der Waals surface area (Å²) in [5.41, 5.74) is 3.48. The maximum atomic E-state index is 13.5. The highest BCUT2D eigenvalue weighted by Gasteiger charge is 2.26. The zero-order valence-electron chi connectivity index (χ0n) is 27.0. The molecule has 0 spiro atoms. The molecule has 2 heterocycles. The van der Waals surface area contributed by atoms with Crippen LogP contribution in [0.25, 0.3) is 17.4 Å². The van der Waals surface area contributed by atoms with Crippen molar-refractivity contribution in [2.45, 2.75) is 43.3 Å². The smallest absolute Gasteiger partial charge is 0.272 e. The Labute approximate surface area is 293 Å². The SMILES string of the molecule is C[C@H]1CCc2c(sc(NC(=O)[C@H](C)Sc3ccc(NC(=O)/C(=C\c4ccc(-c5ccccc5)o4)NC(=O)c4ccccc4)cc3)c2C#N)C1. The van der Waals surface area contributed by atoms with E-state index < -0.39 is 17.1 Å². The van der Waals surface area contributed by atoms with Gasteiger partial charge in [-0.05, 0) is 86.2 Å². The number of thiophene rings is 1. The first kappa shape index (κ1) is 33.5. The molecule has 0 aliphatic heterocycles. The lowest BCUT2D eigenvalue weighted by molar-refractivity contribution is -0.115. The summed E-state index contributed by atoms with van der Waals surface area (Å²) in [4.78, 5) is 41.7. The molecule has 1 aliphatic carbocycles. The Morgan fingerprint density at radius 2 is 1.67 bits per heavy atom. The molecule has 3 amide bonds. The lowest BCUT2D eigenvalue weighted by Crippen LogP contribution is -2.30. The van der Waals surface area contributed by atoms with Gasteiger partial charge < -0.3 is 20.4 Å². The summed E-state index contributed by atoms with van der Waals surface area (Å²) in [5, 5.41) is 18.6. The highest BCUT2D eigenvalue weighted by Crippen LogP contribution is 2.39. The van der Waals surface area contributed by atoms with E-state index in [4.69, 9.17) is 4.42 Å². The van der Waals surface area contributed by atoms with Crippen LogP contribution in [0.5, 0.6) is 0 Å². The maximum Gasteiger partial charge on any atom is 0.272 e. The topological polar surface area (TPSA) is 124 Å². The van der Waals surface area contributed by atoms with Crippen LogP contribution in [0, 0.1) is 17.2 Å². The van der Waals surface area contributed by atoms with Gasteiger partial charge in [0, 0.05) is 32.7 Å². The summed E-state index contributed by atoms with van der Waals surface area (Å²) in [7, 11) is 0. The lowest BCUT2D eigenvalue weighted by atomic mass is 9.89. The molecule has 246 valence electrons. The van der Waals surface area contributed by atoms with Crippen molar-refractivity contribution >= 4 is 57.6 Å². The third-order valence-corrected chi connectivity index (χ3v) is 10.4. The number of nitriles is 1. The average molecular weight is 687 g/mol. The van der Waals surface area contributed by atoms with Crippen molar-refractivity contribution in [2.75, 3.05) is 10.6 Å². The van der Waals surface area contributed by atoms with Crippen LogP contribution in [0.15, 0.2) is 112 Å². The second-order valence-electron chi connectivity index (χ2n) is 11.8. The van der Waals surface area contributed by atoms with E-state index in [0.29, 0.717) is 39.3 Å². The first-order valence-corrected chi connectivity index (χ1v) is 17.6. The molecular formula is C39H34N4O4S2. The van der Waals surface area contributed by atoms with Gasteiger partial charge in [0.1, 0.15) is 28.3 Å². The van der Waals surface area contributed by atoms with Crippen molar-refractivity contribution in [2.24, 2.45) is 5.92 Å². The first-order chi connectivity index (χ1) is 23.8. The fourth-order valence-electron chi connectivity index (χ4n) is 5.52. The summed E-state index contributed by atoms with van der Waals surface area (Å²) in [6.45, 7) is 4.03. The Kier molecular flexibility index (Phi) is 10.4. The molecule has 0 unspecified atom stereocenters. The van der Waals surface area contributed by atoms with Crippen LogP contribution >= 0.6 is 23.1 Å². The number of nitrogens with zero attached hydrogens (tertiary/aromatic N) is 1. The lowest BCUT2D eigenvalue weighted by Gasteiger charge is -2.17. The van der Waals surface area contributed by atoms with Gasteiger partial charge >= 0.3 is 0 Å². The molecule has 5 aromatic rings. The molecule has 49 heavy (non-hydrogen) atoms. The molecule has 0 fully saturated rings. The number of carbonyl (C=O) groups excluding carboxylic acids is 3. The van der Waals surface area contributed by atoms with Crippen LogP contribution in [0.4, 0.5) is 10.7 Å². The zero-order chi connectivity index (χ0) is 34.3. The summed E-state index contributed by atoms with van der Waals surface area (Å²) in [6, 6.07) is 31.2. The predicted octanol–water partition coefficient (Wildman–Crippen LogP) is 8.53. The largest absolute Gasteiger partial charge is 0.457 e. The van der Waals surface area contributed by atoms with E-state index in [0.717, 1.165) is 35.3 Å². The number of rotatable bonds is 10. The van der Waals surface area contributed by atoms with E-state index in [-0.39, 0.29) is 11.6 Å². The average Bonchev–Trinajstić information content (AvgIpc) is 3.73. The Hall–Kier alpha value is -5.37. The monoisotopic (exact) mass is 686 g/mol. The quantitative estimate of drug-likeness (QED) is 0.1000. The molecule has 6 rings (SSSR count). The number of benzene rings is 3. The van der Waals surface area contributed by atoms with E-state index in [9.17, 15) is 19.6 Å². The van der Waals surface area contributed by atoms with Crippen molar-refractivity contribution in [1.82, 2.24) is 5.32 Å². The minimum absolute atomic E-state index is 0.00742. The molecule has 3 N–H and O–H groups in total. The number of fused-ring (bicyclic) bond motifs is 1. The van der Waals surface area contributed by atoms with Crippen LogP contribution in [0.2, 0.25) is 0 Å². The molecule has 0 bridgehead atoms. The van der Waals surface area contributed by atoms with E-state index in [2.05, 4.69) is 28.9 Å². The number of hydrogen-bond acceptors (Lipinski definition) is 7. The third-order valence-electron chi connectivity index (χ3n) is 8.15. The van der Waals surface area contributed by atoms with Gasteiger partial charge in [-0.3, -0.25) is 14.4 Å². The molecule has 8 nitrogen and oxygen atoms in total. The van der Waals surface area contributed by atoms with E-state index in [1.807, 2.05) is 61.5 Å². The van der Waals surface area contributed by atoms with Gasteiger partial charge in [-0.25, -0.2) is 0 Å². The zero-order valence-corrected chi connectivity index (χ0v) is 28.6. The molecule has 1 aliphatic rings. The molecule has 0 saturated heterocycles. The van der Waals surface area contributed by atoms with Crippen LogP contribution in [-0.4, -0.2) is 23.0 Å².